The van der Waals surface area contributed by atoms with Crippen molar-refractivity contribution < 1.29 is 9.59 Å². The molecule has 1 aromatic heterocycles. The van der Waals surface area contributed by atoms with Gasteiger partial charge in [0, 0.05) is 39.2 Å². The van der Waals surface area contributed by atoms with Crippen LogP contribution in [-0.2, 0) is 17.8 Å². The van der Waals surface area contributed by atoms with E-state index >= 15 is 0 Å². The van der Waals surface area contributed by atoms with Crippen LogP contribution >= 0.6 is 0 Å². The van der Waals surface area contributed by atoms with Crippen LogP contribution in [0.1, 0.15) is 54.7 Å². The largest absolute Gasteiger partial charge is 0.347 e. The number of aromatic nitrogens is 2. The molecule has 1 aromatic carbocycles. The van der Waals surface area contributed by atoms with Crippen LogP contribution in [0, 0.1) is 0 Å². The van der Waals surface area contributed by atoms with Crippen molar-refractivity contribution in [2.45, 2.75) is 57.5 Å². The van der Waals surface area contributed by atoms with Gasteiger partial charge in [-0.05, 0) is 43.9 Å². The van der Waals surface area contributed by atoms with Crippen LogP contribution in [0.15, 0.2) is 23.0 Å². The molecule has 154 valence electrons. The second-order valence-corrected chi connectivity index (χ2v) is 8.27. The summed E-state index contributed by atoms with van der Waals surface area (Å²) in [5.41, 5.74) is 1.04. The average molecular weight is 396 g/mol. The molecule has 2 aliphatic heterocycles. The molecule has 1 fully saturated rings. The fourth-order valence-electron chi connectivity index (χ4n) is 4.46. The van der Waals surface area contributed by atoms with Crippen molar-refractivity contribution in [1.82, 2.24) is 19.4 Å². The summed E-state index contributed by atoms with van der Waals surface area (Å²) in [6.45, 7) is 1.28. The Morgan fingerprint density at radius 3 is 2.66 bits per heavy atom. The molecule has 0 bridgehead atoms. The van der Waals surface area contributed by atoms with Gasteiger partial charge in [0.2, 0.25) is 5.91 Å². The number of likely N-dealkylation sites (N-methyl/N-ethyl adjacent to an activating group) is 1. The Morgan fingerprint density at radius 1 is 1.07 bits per heavy atom. The molecule has 1 saturated heterocycles. The third-order valence-electron chi connectivity index (χ3n) is 6.05. The number of amides is 2. The molecule has 0 saturated carbocycles. The first-order chi connectivity index (χ1) is 14.0. The summed E-state index contributed by atoms with van der Waals surface area (Å²) in [6.07, 6.45) is 6.60. The molecule has 0 aliphatic carbocycles. The van der Waals surface area contributed by atoms with Crippen LogP contribution in [-0.4, -0.2) is 57.8 Å². The normalized spacial score (nSPS) is 19.5. The van der Waals surface area contributed by atoms with Gasteiger partial charge < -0.3 is 9.80 Å². The number of carbonyl (C=O) groups excluding carboxylic acids is 2. The van der Waals surface area contributed by atoms with E-state index in [9.17, 15) is 14.4 Å². The molecule has 2 aromatic rings. The van der Waals surface area contributed by atoms with Gasteiger partial charge in [-0.3, -0.25) is 19.0 Å². The Labute approximate surface area is 170 Å². The van der Waals surface area contributed by atoms with Crippen molar-refractivity contribution in [1.29, 1.82) is 0 Å². The second kappa shape index (κ2) is 7.97. The highest BCUT2D eigenvalue weighted by Crippen LogP contribution is 2.23. The standard InChI is InChI=1S/C22H28N4O3/c1-24(2)22(29)18-8-7-13-25(18)20(27)15-10-11-16-17(14-15)23-19-9-5-3-4-6-12-26(19)21(16)28/h10-11,14,18H,3-9,12-13H2,1-2H3. The fraction of sp³-hybridized carbons (Fsp3) is 0.545. The van der Waals surface area contributed by atoms with Crippen LogP contribution in [0.2, 0.25) is 0 Å². The molecule has 7 nitrogen and oxygen atoms in total. The maximum Gasteiger partial charge on any atom is 0.261 e. The average Bonchev–Trinajstić information content (AvgIpc) is 3.17. The zero-order chi connectivity index (χ0) is 20.5. The third-order valence-corrected chi connectivity index (χ3v) is 6.05. The molecule has 0 spiro atoms. The third kappa shape index (κ3) is 3.66. The first-order valence-electron chi connectivity index (χ1n) is 10.5. The highest BCUT2D eigenvalue weighted by atomic mass is 16.2. The van der Waals surface area contributed by atoms with Gasteiger partial charge in [0.1, 0.15) is 11.9 Å². The molecule has 0 N–H and O–H groups in total. The van der Waals surface area contributed by atoms with Crippen LogP contribution in [0.5, 0.6) is 0 Å². The number of hydrogen-bond acceptors (Lipinski definition) is 4. The van der Waals surface area contributed by atoms with E-state index in [0.717, 1.165) is 44.3 Å². The van der Waals surface area contributed by atoms with Gasteiger partial charge in [0.25, 0.3) is 11.5 Å². The molecule has 1 atom stereocenters. The lowest BCUT2D eigenvalue weighted by atomic mass is 10.1. The zero-order valence-electron chi connectivity index (χ0n) is 17.2. The number of fused-ring (bicyclic) bond motifs is 2. The summed E-state index contributed by atoms with van der Waals surface area (Å²) in [5.74, 6) is 0.598. The van der Waals surface area contributed by atoms with Crippen LogP contribution in [0.25, 0.3) is 10.9 Å². The number of benzene rings is 1. The molecule has 4 rings (SSSR count). The van der Waals surface area contributed by atoms with Gasteiger partial charge in [0.05, 0.1) is 10.9 Å². The van der Waals surface area contributed by atoms with Gasteiger partial charge in [-0.25, -0.2) is 4.98 Å². The number of hydrogen-bond donors (Lipinski definition) is 0. The van der Waals surface area contributed by atoms with Crippen molar-refractivity contribution in [3.63, 3.8) is 0 Å². The minimum Gasteiger partial charge on any atom is -0.347 e. The lowest BCUT2D eigenvalue weighted by molar-refractivity contribution is -0.132. The number of rotatable bonds is 2. The quantitative estimate of drug-likeness (QED) is 0.780. The monoisotopic (exact) mass is 396 g/mol. The van der Waals surface area contributed by atoms with Crippen molar-refractivity contribution >= 4 is 22.7 Å². The maximum atomic E-state index is 13.1. The molecule has 0 radical (unpaired) electrons. The summed E-state index contributed by atoms with van der Waals surface area (Å²) < 4.78 is 1.80. The van der Waals surface area contributed by atoms with Gasteiger partial charge in [-0.15, -0.1) is 0 Å². The Balaban J connectivity index is 1.70. The van der Waals surface area contributed by atoms with E-state index in [1.54, 1.807) is 41.8 Å². The van der Waals surface area contributed by atoms with Gasteiger partial charge in [0.15, 0.2) is 0 Å². The first kappa shape index (κ1) is 19.6. The van der Waals surface area contributed by atoms with Crippen LogP contribution in [0.3, 0.4) is 0 Å². The summed E-state index contributed by atoms with van der Waals surface area (Å²) in [5, 5.41) is 0.549. The minimum atomic E-state index is -0.414. The van der Waals surface area contributed by atoms with E-state index in [1.807, 2.05) is 0 Å². The van der Waals surface area contributed by atoms with E-state index in [-0.39, 0.29) is 17.4 Å². The van der Waals surface area contributed by atoms with Crippen molar-refractivity contribution in [3.05, 3.63) is 39.9 Å². The SMILES string of the molecule is CN(C)C(=O)C1CCCN1C(=O)c1ccc2c(=O)n3c(nc2c1)CCCCCC3. The van der Waals surface area contributed by atoms with Gasteiger partial charge >= 0.3 is 0 Å². The molecule has 1 unspecified atom stereocenters. The molecule has 2 amide bonds. The van der Waals surface area contributed by atoms with E-state index in [0.29, 0.717) is 36.0 Å². The topological polar surface area (TPSA) is 75.5 Å². The molecule has 29 heavy (non-hydrogen) atoms. The smallest absolute Gasteiger partial charge is 0.261 e. The van der Waals surface area contributed by atoms with Crippen molar-refractivity contribution in [2.24, 2.45) is 0 Å². The Morgan fingerprint density at radius 2 is 1.86 bits per heavy atom. The summed E-state index contributed by atoms with van der Waals surface area (Å²) in [4.78, 5) is 46.5. The number of aryl methyl sites for hydroxylation is 1. The van der Waals surface area contributed by atoms with E-state index in [2.05, 4.69) is 0 Å². The maximum absolute atomic E-state index is 13.1. The predicted octanol–water partition coefficient (Wildman–Crippen LogP) is 2.21. The van der Waals surface area contributed by atoms with Crippen molar-refractivity contribution in [2.75, 3.05) is 20.6 Å². The van der Waals surface area contributed by atoms with Crippen LogP contribution in [0.4, 0.5) is 0 Å². The summed E-state index contributed by atoms with van der Waals surface area (Å²) >= 11 is 0. The van der Waals surface area contributed by atoms with Gasteiger partial charge in [-0.1, -0.05) is 12.8 Å². The minimum absolute atomic E-state index is 0.0206. The number of likely N-dealkylation sites (tertiary alicyclic amines) is 1. The first-order valence-corrected chi connectivity index (χ1v) is 10.5. The van der Waals surface area contributed by atoms with Gasteiger partial charge in [-0.2, -0.15) is 0 Å². The van der Waals surface area contributed by atoms with Crippen molar-refractivity contribution in [3.8, 4) is 0 Å². The van der Waals surface area contributed by atoms with E-state index in [1.165, 1.54) is 4.90 Å². The summed E-state index contributed by atoms with van der Waals surface area (Å²) in [7, 11) is 3.43. The van der Waals surface area contributed by atoms with E-state index in [4.69, 9.17) is 4.98 Å². The Bertz CT molecular complexity index is 1010. The predicted molar refractivity (Wildman–Crippen MR) is 111 cm³/mol. The summed E-state index contributed by atoms with van der Waals surface area (Å²) in [6, 6.07) is 4.71. The molecular formula is C22H28N4O3. The molecule has 7 heteroatoms. The lowest BCUT2D eigenvalue weighted by Crippen LogP contribution is -2.45. The van der Waals surface area contributed by atoms with Crippen LogP contribution < -0.4 is 5.56 Å². The highest BCUT2D eigenvalue weighted by molar-refractivity contribution is 6.00. The lowest BCUT2D eigenvalue weighted by Gasteiger charge is -2.26. The fourth-order valence-corrected chi connectivity index (χ4v) is 4.46. The second-order valence-electron chi connectivity index (χ2n) is 8.27. The molecule has 2 aliphatic rings. The molecule has 3 heterocycles. The highest BCUT2D eigenvalue weighted by Gasteiger charge is 2.35. The Hall–Kier alpha value is -2.70. The van der Waals surface area contributed by atoms with E-state index < -0.39 is 6.04 Å². The Kier molecular flexibility index (Phi) is 5.39. The number of nitrogens with zero attached hydrogens (tertiary/aromatic N) is 4. The molecular weight excluding hydrogens is 368 g/mol. The zero-order valence-corrected chi connectivity index (χ0v) is 17.2. The number of carbonyl (C=O) groups is 2.